The summed E-state index contributed by atoms with van der Waals surface area (Å²) in [6, 6.07) is 9.46. The largest absolute Gasteiger partial charge is 0.490 e. The Balaban J connectivity index is 1.38. The molecular weight excluding hydrogens is 360 g/mol. The van der Waals surface area contributed by atoms with Gasteiger partial charge in [-0.1, -0.05) is 12.1 Å². The van der Waals surface area contributed by atoms with Crippen molar-refractivity contribution in [2.75, 3.05) is 19.6 Å². The Morgan fingerprint density at radius 1 is 1.29 bits per heavy atom. The van der Waals surface area contributed by atoms with E-state index in [-0.39, 0.29) is 36.7 Å². The summed E-state index contributed by atoms with van der Waals surface area (Å²) in [6.45, 7) is 3.55. The number of likely N-dealkylation sites (tertiary alicyclic amines) is 1. The van der Waals surface area contributed by atoms with Crippen molar-refractivity contribution >= 4 is 11.8 Å². The minimum Gasteiger partial charge on any atom is -0.490 e. The fourth-order valence-corrected chi connectivity index (χ4v) is 3.63. The molecule has 28 heavy (non-hydrogen) atoms. The minimum absolute atomic E-state index is 0.0745. The van der Waals surface area contributed by atoms with Gasteiger partial charge in [0.25, 0.3) is 11.8 Å². The summed E-state index contributed by atoms with van der Waals surface area (Å²) < 4.78 is 7.45. The fraction of sp³-hybridized carbons (Fsp3) is 0.450. The van der Waals surface area contributed by atoms with Crippen LogP contribution in [0.3, 0.4) is 0 Å². The maximum Gasteiger partial charge on any atom is 0.274 e. The molecule has 0 spiro atoms. The van der Waals surface area contributed by atoms with Crippen LogP contribution in [0.5, 0.6) is 5.75 Å². The van der Waals surface area contributed by atoms with Gasteiger partial charge in [0, 0.05) is 38.5 Å². The van der Waals surface area contributed by atoms with E-state index in [1.165, 1.54) is 10.7 Å². The Morgan fingerprint density at radius 3 is 2.82 bits per heavy atom. The molecule has 0 saturated carbocycles. The lowest BCUT2D eigenvalue weighted by Crippen LogP contribution is -2.42. The van der Waals surface area contributed by atoms with Crippen LogP contribution >= 0.6 is 0 Å². The molecule has 2 aliphatic rings. The van der Waals surface area contributed by atoms with Crippen molar-refractivity contribution in [1.82, 2.24) is 20.0 Å². The Kier molecular flexibility index (Phi) is 5.04. The summed E-state index contributed by atoms with van der Waals surface area (Å²) in [4.78, 5) is 26.6. The van der Waals surface area contributed by atoms with Crippen LogP contribution < -0.4 is 10.1 Å². The first-order chi connectivity index (χ1) is 13.5. The molecule has 148 valence electrons. The fourth-order valence-electron chi connectivity index (χ4n) is 3.63. The predicted molar refractivity (Wildman–Crippen MR) is 101 cm³/mol. The van der Waals surface area contributed by atoms with Crippen LogP contribution in [0.25, 0.3) is 0 Å². The third-order valence-electron chi connectivity index (χ3n) is 5.14. The van der Waals surface area contributed by atoms with Gasteiger partial charge >= 0.3 is 0 Å². The summed E-state index contributed by atoms with van der Waals surface area (Å²) in [6.07, 6.45) is 0.840. The number of piperidine rings is 1. The Hall–Kier alpha value is -2.87. The molecule has 2 amide bonds. The molecule has 1 aromatic carbocycles. The highest BCUT2D eigenvalue weighted by Crippen LogP contribution is 2.21. The van der Waals surface area contributed by atoms with Gasteiger partial charge in [0.05, 0.1) is 12.6 Å². The average molecular weight is 384 g/mol. The topological polar surface area (TPSA) is 96.7 Å². The molecule has 1 aromatic heterocycles. The minimum atomic E-state index is -0.720. The maximum absolute atomic E-state index is 12.8. The highest BCUT2D eigenvalue weighted by molar-refractivity contribution is 5.98. The van der Waals surface area contributed by atoms with Crippen LogP contribution in [0.4, 0.5) is 0 Å². The third kappa shape index (κ3) is 3.87. The zero-order chi connectivity index (χ0) is 19.7. The van der Waals surface area contributed by atoms with E-state index in [2.05, 4.69) is 10.4 Å². The number of carbonyl (C=O) groups excluding carboxylic acids is 2. The highest BCUT2D eigenvalue weighted by Gasteiger charge is 2.29. The number of aromatic nitrogens is 2. The van der Waals surface area contributed by atoms with Crippen LogP contribution in [0.2, 0.25) is 0 Å². The Morgan fingerprint density at radius 2 is 2.07 bits per heavy atom. The number of ether oxygens (including phenoxy) is 1. The maximum atomic E-state index is 12.8. The van der Waals surface area contributed by atoms with Crippen LogP contribution in [-0.4, -0.2) is 63.4 Å². The molecular formula is C20H24N4O4. The molecule has 1 atom stereocenters. The molecule has 2 aliphatic heterocycles. The van der Waals surface area contributed by atoms with Gasteiger partial charge in [0.2, 0.25) is 0 Å². The first kappa shape index (κ1) is 18.5. The molecule has 0 aliphatic carbocycles. The van der Waals surface area contributed by atoms with E-state index in [0.717, 1.165) is 24.2 Å². The van der Waals surface area contributed by atoms with Crippen molar-refractivity contribution in [3.8, 4) is 5.75 Å². The first-order valence-corrected chi connectivity index (χ1v) is 9.56. The lowest BCUT2D eigenvalue weighted by molar-refractivity contribution is 0.0588. The number of nitrogens with one attached hydrogen (secondary N) is 1. The van der Waals surface area contributed by atoms with Crippen LogP contribution in [0, 0.1) is 6.92 Å². The van der Waals surface area contributed by atoms with Crippen molar-refractivity contribution in [2.24, 2.45) is 0 Å². The van der Waals surface area contributed by atoms with Crippen LogP contribution in [-0.2, 0) is 6.54 Å². The summed E-state index contributed by atoms with van der Waals surface area (Å²) in [5, 5.41) is 16.7. The van der Waals surface area contributed by atoms with E-state index in [9.17, 15) is 14.7 Å². The molecule has 8 nitrogen and oxygen atoms in total. The number of aliphatic hydroxyl groups excluding tert-OH is 1. The molecule has 2 aromatic rings. The van der Waals surface area contributed by atoms with Gasteiger partial charge in [-0.25, -0.2) is 0 Å². The van der Waals surface area contributed by atoms with E-state index < -0.39 is 6.10 Å². The monoisotopic (exact) mass is 384 g/mol. The Labute approximate surface area is 163 Å². The molecule has 8 heteroatoms. The predicted octanol–water partition coefficient (Wildman–Crippen LogP) is 0.979. The number of carbonyl (C=O) groups is 2. The molecule has 4 rings (SSSR count). The van der Waals surface area contributed by atoms with Crippen LogP contribution in [0.1, 0.15) is 39.4 Å². The number of aryl methyl sites for hydroxylation is 1. The van der Waals surface area contributed by atoms with Crippen molar-refractivity contribution < 1.29 is 19.4 Å². The number of β-amino-alcohol motifs (C(OH)–C–C–N with tert-alkyl or cyclic N) is 1. The number of hydrogen-bond acceptors (Lipinski definition) is 5. The quantitative estimate of drug-likeness (QED) is 0.822. The second-order valence-corrected chi connectivity index (χ2v) is 7.39. The number of aliphatic hydroxyl groups is 1. The molecule has 1 fully saturated rings. The van der Waals surface area contributed by atoms with E-state index in [1.54, 1.807) is 4.90 Å². The highest BCUT2D eigenvalue weighted by atomic mass is 16.5. The summed E-state index contributed by atoms with van der Waals surface area (Å²) in [5.74, 6) is 0.331. The number of amides is 2. The van der Waals surface area contributed by atoms with Crippen molar-refractivity contribution in [2.45, 2.75) is 38.5 Å². The van der Waals surface area contributed by atoms with E-state index in [4.69, 9.17) is 4.74 Å². The third-order valence-corrected chi connectivity index (χ3v) is 5.14. The van der Waals surface area contributed by atoms with Gasteiger partial charge in [-0.15, -0.1) is 0 Å². The SMILES string of the molecule is Cc1cccc(OC2CCN(C(=O)c3cc4n(n3)CC(O)CNC4=O)CC2)c1. The lowest BCUT2D eigenvalue weighted by Gasteiger charge is -2.31. The van der Waals surface area contributed by atoms with Gasteiger partial charge in [-0.2, -0.15) is 5.10 Å². The zero-order valence-corrected chi connectivity index (χ0v) is 15.8. The van der Waals surface area contributed by atoms with Gasteiger partial charge in [0.15, 0.2) is 5.69 Å². The molecule has 1 saturated heterocycles. The second-order valence-electron chi connectivity index (χ2n) is 7.39. The summed E-state index contributed by atoms with van der Waals surface area (Å²) in [7, 11) is 0. The molecule has 3 heterocycles. The zero-order valence-electron chi connectivity index (χ0n) is 15.8. The summed E-state index contributed by atoms with van der Waals surface area (Å²) in [5.41, 5.74) is 1.69. The first-order valence-electron chi connectivity index (χ1n) is 9.56. The van der Waals surface area contributed by atoms with Gasteiger partial charge < -0.3 is 20.1 Å². The Bertz CT molecular complexity index is 886. The second kappa shape index (κ2) is 7.63. The molecule has 1 unspecified atom stereocenters. The average Bonchev–Trinajstić information content (AvgIpc) is 3.04. The van der Waals surface area contributed by atoms with E-state index in [0.29, 0.717) is 18.8 Å². The van der Waals surface area contributed by atoms with Gasteiger partial charge in [0.1, 0.15) is 17.5 Å². The normalized spacial score (nSPS) is 20.3. The van der Waals surface area contributed by atoms with Crippen LogP contribution in [0.15, 0.2) is 30.3 Å². The molecule has 0 radical (unpaired) electrons. The van der Waals surface area contributed by atoms with E-state index >= 15 is 0 Å². The summed E-state index contributed by atoms with van der Waals surface area (Å²) >= 11 is 0. The molecule has 0 bridgehead atoms. The van der Waals surface area contributed by atoms with Gasteiger partial charge in [-0.05, 0) is 24.6 Å². The number of fused-ring (bicyclic) bond motifs is 1. The number of benzene rings is 1. The smallest absolute Gasteiger partial charge is 0.274 e. The standard InChI is InChI=1S/C20H24N4O4/c1-13-3-2-4-16(9-13)28-15-5-7-23(8-6-15)20(27)17-10-18-19(26)21-11-14(25)12-24(18)22-17/h2-4,9-10,14-15,25H,5-8,11-12H2,1H3,(H,21,26). The van der Waals surface area contributed by atoms with Crippen molar-refractivity contribution in [3.05, 3.63) is 47.3 Å². The van der Waals surface area contributed by atoms with E-state index in [1.807, 2.05) is 31.2 Å². The molecule has 2 N–H and O–H groups in total. The number of nitrogens with zero attached hydrogens (tertiary/aromatic N) is 3. The lowest BCUT2D eigenvalue weighted by atomic mass is 10.1. The van der Waals surface area contributed by atoms with Crippen molar-refractivity contribution in [3.63, 3.8) is 0 Å². The number of hydrogen-bond donors (Lipinski definition) is 2. The van der Waals surface area contributed by atoms with Crippen molar-refractivity contribution in [1.29, 1.82) is 0 Å². The van der Waals surface area contributed by atoms with Gasteiger partial charge in [-0.3, -0.25) is 14.3 Å². The number of rotatable bonds is 3.